The van der Waals surface area contributed by atoms with Gasteiger partial charge in [-0.25, -0.2) is 0 Å². The van der Waals surface area contributed by atoms with Gasteiger partial charge in [-0.2, -0.15) is 0 Å². The molecule has 33 heavy (non-hydrogen) atoms. The van der Waals surface area contributed by atoms with Crippen molar-refractivity contribution in [1.82, 2.24) is 15.8 Å². The van der Waals surface area contributed by atoms with Crippen LogP contribution < -0.4 is 20.3 Å². The zero-order valence-corrected chi connectivity index (χ0v) is 19.0. The van der Waals surface area contributed by atoms with Crippen molar-refractivity contribution in [3.63, 3.8) is 0 Å². The summed E-state index contributed by atoms with van der Waals surface area (Å²) in [6, 6.07) is 12.1. The molecule has 3 rings (SSSR count). The molecule has 2 aromatic rings. The highest BCUT2D eigenvalue weighted by Gasteiger charge is 2.44. The number of amides is 4. The summed E-state index contributed by atoms with van der Waals surface area (Å²) in [6.07, 6.45) is -0.917. The maximum atomic E-state index is 12.9. The number of imide groups is 1. The van der Waals surface area contributed by atoms with Crippen molar-refractivity contribution >= 4 is 23.6 Å². The number of carbonyl (C=O) groups is 4. The smallest absolute Gasteiger partial charge is 0.279 e. The molecule has 2 unspecified atom stereocenters. The van der Waals surface area contributed by atoms with Gasteiger partial charge in [0.2, 0.25) is 0 Å². The molecule has 9 nitrogen and oxygen atoms in total. The summed E-state index contributed by atoms with van der Waals surface area (Å²) in [5.41, 5.74) is 5.13. The molecule has 1 heterocycles. The van der Waals surface area contributed by atoms with Crippen molar-refractivity contribution in [2.45, 2.75) is 39.8 Å². The number of hydrazine groups is 1. The predicted octanol–water partition coefficient (Wildman–Crippen LogP) is 2.32. The zero-order chi connectivity index (χ0) is 24.1. The molecular weight excluding hydrogens is 426 g/mol. The van der Waals surface area contributed by atoms with Gasteiger partial charge in [0.05, 0.1) is 17.7 Å². The quantitative estimate of drug-likeness (QED) is 0.468. The van der Waals surface area contributed by atoms with Gasteiger partial charge in [-0.1, -0.05) is 26.0 Å². The molecule has 9 heteroatoms. The van der Waals surface area contributed by atoms with Gasteiger partial charge in [-0.3, -0.25) is 34.9 Å². The molecule has 4 amide bonds. The SMILES string of the molecule is CCOc1ccc(OC(C)C(=O)NNC(=O)C(C(C)C)N2C(=O)c3ccccc3C2=O)cc1. The van der Waals surface area contributed by atoms with Crippen molar-refractivity contribution in [2.75, 3.05) is 6.61 Å². The number of hydrogen-bond donors (Lipinski definition) is 2. The summed E-state index contributed by atoms with van der Waals surface area (Å²) >= 11 is 0. The molecule has 0 bridgehead atoms. The first kappa shape index (κ1) is 23.8. The highest BCUT2D eigenvalue weighted by atomic mass is 16.5. The van der Waals surface area contributed by atoms with Gasteiger partial charge in [-0.05, 0) is 56.2 Å². The third-order valence-corrected chi connectivity index (χ3v) is 5.13. The highest BCUT2D eigenvalue weighted by Crippen LogP contribution is 2.27. The molecule has 0 radical (unpaired) electrons. The number of fused-ring (bicyclic) bond motifs is 1. The lowest BCUT2D eigenvalue weighted by Crippen LogP contribution is -2.57. The topological polar surface area (TPSA) is 114 Å². The third kappa shape index (κ3) is 5.14. The zero-order valence-electron chi connectivity index (χ0n) is 19.0. The summed E-state index contributed by atoms with van der Waals surface area (Å²) in [7, 11) is 0. The standard InChI is InChI=1S/C24H27N3O6/c1-5-32-16-10-12-17(13-11-16)33-15(4)21(28)25-26-22(29)20(14(2)3)27-23(30)18-8-6-7-9-19(18)24(27)31/h6-15,20H,5H2,1-4H3,(H,25,28)(H,26,29). The molecule has 0 fully saturated rings. The number of carbonyl (C=O) groups excluding carboxylic acids is 4. The van der Waals surface area contributed by atoms with Crippen LogP contribution in [-0.2, 0) is 9.59 Å². The molecule has 2 N–H and O–H groups in total. The Morgan fingerprint density at radius 2 is 1.36 bits per heavy atom. The minimum Gasteiger partial charge on any atom is -0.494 e. The fourth-order valence-corrected chi connectivity index (χ4v) is 3.52. The second-order valence-corrected chi connectivity index (χ2v) is 7.86. The van der Waals surface area contributed by atoms with Gasteiger partial charge in [0.25, 0.3) is 23.6 Å². The van der Waals surface area contributed by atoms with E-state index in [1.54, 1.807) is 62.4 Å². The summed E-state index contributed by atoms with van der Waals surface area (Å²) in [4.78, 5) is 51.8. The van der Waals surface area contributed by atoms with Crippen molar-refractivity contribution in [3.8, 4) is 11.5 Å². The molecule has 0 aliphatic carbocycles. The van der Waals surface area contributed by atoms with Crippen LogP contribution in [0.4, 0.5) is 0 Å². The molecule has 2 aromatic carbocycles. The minimum atomic E-state index is -1.10. The molecule has 0 saturated carbocycles. The lowest BCUT2D eigenvalue weighted by atomic mass is 10.0. The van der Waals surface area contributed by atoms with Gasteiger partial charge in [0.1, 0.15) is 17.5 Å². The first-order valence-electron chi connectivity index (χ1n) is 10.7. The van der Waals surface area contributed by atoms with Crippen LogP contribution >= 0.6 is 0 Å². The largest absolute Gasteiger partial charge is 0.494 e. The van der Waals surface area contributed by atoms with E-state index in [4.69, 9.17) is 9.47 Å². The normalized spacial score (nSPS) is 14.5. The molecule has 0 spiro atoms. The first-order chi connectivity index (χ1) is 15.7. The average Bonchev–Trinajstić information content (AvgIpc) is 3.04. The van der Waals surface area contributed by atoms with Crippen LogP contribution in [0.15, 0.2) is 48.5 Å². The van der Waals surface area contributed by atoms with Gasteiger partial charge in [-0.15, -0.1) is 0 Å². The highest BCUT2D eigenvalue weighted by molar-refractivity contribution is 6.22. The first-order valence-corrected chi connectivity index (χ1v) is 10.7. The number of nitrogens with one attached hydrogen (secondary N) is 2. The van der Waals surface area contributed by atoms with Crippen LogP contribution in [0.2, 0.25) is 0 Å². The van der Waals surface area contributed by atoms with Crippen LogP contribution in [0.5, 0.6) is 11.5 Å². The minimum absolute atomic E-state index is 0.252. The van der Waals surface area contributed by atoms with E-state index in [0.717, 1.165) is 4.90 Å². The summed E-state index contributed by atoms with van der Waals surface area (Å²) in [5.74, 6) is -1.60. The Kier molecular flexibility index (Phi) is 7.32. The van der Waals surface area contributed by atoms with Gasteiger partial charge >= 0.3 is 0 Å². The molecule has 2 atom stereocenters. The van der Waals surface area contributed by atoms with E-state index in [2.05, 4.69) is 10.9 Å². The number of hydrogen-bond acceptors (Lipinski definition) is 6. The van der Waals surface area contributed by atoms with Crippen molar-refractivity contribution in [2.24, 2.45) is 5.92 Å². The van der Waals surface area contributed by atoms with E-state index in [-0.39, 0.29) is 17.0 Å². The fraction of sp³-hybridized carbons (Fsp3) is 0.333. The van der Waals surface area contributed by atoms with Gasteiger partial charge < -0.3 is 9.47 Å². The van der Waals surface area contributed by atoms with Crippen LogP contribution in [-0.4, -0.2) is 47.3 Å². The molecule has 0 saturated heterocycles. The Labute approximate surface area is 192 Å². The Morgan fingerprint density at radius 3 is 1.88 bits per heavy atom. The maximum Gasteiger partial charge on any atom is 0.279 e. The fourth-order valence-electron chi connectivity index (χ4n) is 3.52. The number of rotatable bonds is 8. The van der Waals surface area contributed by atoms with Crippen molar-refractivity contribution < 1.29 is 28.7 Å². The van der Waals surface area contributed by atoms with E-state index in [1.165, 1.54) is 6.92 Å². The monoisotopic (exact) mass is 453 g/mol. The second-order valence-electron chi connectivity index (χ2n) is 7.86. The number of benzene rings is 2. The lowest BCUT2D eigenvalue weighted by molar-refractivity contribution is -0.134. The van der Waals surface area contributed by atoms with E-state index >= 15 is 0 Å². The van der Waals surface area contributed by atoms with Gasteiger partial charge in [0, 0.05) is 0 Å². The Hall–Kier alpha value is -3.88. The number of nitrogens with zero attached hydrogens (tertiary/aromatic N) is 1. The van der Waals surface area contributed by atoms with Crippen LogP contribution in [0.1, 0.15) is 48.4 Å². The van der Waals surface area contributed by atoms with E-state index in [1.807, 2.05) is 6.92 Å². The van der Waals surface area contributed by atoms with Crippen LogP contribution in [0.3, 0.4) is 0 Å². The second kappa shape index (κ2) is 10.2. The molecule has 1 aliphatic heterocycles. The number of ether oxygens (including phenoxy) is 2. The summed E-state index contributed by atoms with van der Waals surface area (Å²) in [5, 5.41) is 0. The van der Waals surface area contributed by atoms with E-state index in [9.17, 15) is 19.2 Å². The summed E-state index contributed by atoms with van der Waals surface area (Å²) < 4.78 is 11.0. The molecule has 174 valence electrons. The van der Waals surface area contributed by atoms with Crippen LogP contribution in [0, 0.1) is 5.92 Å². The molecule has 1 aliphatic rings. The van der Waals surface area contributed by atoms with Crippen LogP contribution in [0.25, 0.3) is 0 Å². The Bertz CT molecular complexity index is 1020. The van der Waals surface area contributed by atoms with Crippen molar-refractivity contribution in [1.29, 1.82) is 0 Å². The molecular formula is C24H27N3O6. The maximum absolute atomic E-state index is 12.9. The van der Waals surface area contributed by atoms with E-state index in [0.29, 0.717) is 18.1 Å². The predicted molar refractivity (Wildman–Crippen MR) is 120 cm³/mol. The van der Waals surface area contributed by atoms with Gasteiger partial charge in [0.15, 0.2) is 6.10 Å². The van der Waals surface area contributed by atoms with Crippen molar-refractivity contribution in [3.05, 3.63) is 59.7 Å². The molecule has 0 aromatic heterocycles. The lowest BCUT2D eigenvalue weighted by Gasteiger charge is -2.28. The Morgan fingerprint density at radius 1 is 0.848 bits per heavy atom. The summed E-state index contributed by atoms with van der Waals surface area (Å²) in [6.45, 7) is 7.38. The Balaban J connectivity index is 1.61. The van der Waals surface area contributed by atoms with E-state index < -0.39 is 35.8 Å². The average molecular weight is 453 g/mol. The third-order valence-electron chi connectivity index (χ3n) is 5.13.